The van der Waals surface area contributed by atoms with Gasteiger partial charge in [-0.05, 0) is 82.7 Å². The van der Waals surface area contributed by atoms with E-state index in [1.807, 2.05) is 6.07 Å². The van der Waals surface area contributed by atoms with Gasteiger partial charge in [0, 0.05) is 29.4 Å². The first-order chi connectivity index (χ1) is 26.6. The molecule has 4 aromatic rings. The Bertz CT molecular complexity index is 2430. The largest absolute Gasteiger partial charge is 0.461 e. The zero-order valence-electron chi connectivity index (χ0n) is 30.6. The first-order valence-electron chi connectivity index (χ1n) is 18.0. The minimum absolute atomic E-state index is 0.000734. The van der Waals surface area contributed by atoms with Crippen LogP contribution in [0.4, 0.5) is 33.6 Å². The van der Waals surface area contributed by atoms with Crippen LogP contribution in [0.1, 0.15) is 58.4 Å². The van der Waals surface area contributed by atoms with Gasteiger partial charge in [0.05, 0.1) is 33.7 Å². The number of amides is 4. The van der Waals surface area contributed by atoms with Crippen molar-refractivity contribution in [3.63, 3.8) is 0 Å². The number of nitrogens with zero attached hydrogens (tertiary/aromatic N) is 5. The van der Waals surface area contributed by atoms with Crippen molar-refractivity contribution in [2.24, 2.45) is 0 Å². The van der Waals surface area contributed by atoms with E-state index in [2.05, 4.69) is 25.8 Å². The van der Waals surface area contributed by atoms with E-state index in [1.54, 1.807) is 25.7 Å². The van der Waals surface area contributed by atoms with Crippen molar-refractivity contribution in [3.8, 4) is 23.2 Å². The Kier molecular flexibility index (Phi) is 9.29. The average molecular weight is 809 g/mol. The van der Waals surface area contributed by atoms with Crippen molar-refractivity contribution in [1.29, 1.82) is 5.26 Å². The first kappa shape index (κ1) is 37.7. The number of ether oxygens (including phenoxy) is 2. The number of piperidine rings is 1. The summed E-state index contributed by atoms with van der Waals surface area (Å²) in [6, 6.07) is 5.11. The highest BCUT2D eigenvalue weighted by Crippen LogP contribution is 2.47. The molecule has 3 N–H and O–H groups in total. The number of hydrogen-bond donors (Lipinski definition) is 3. The average Bonchev–Trinajstić information content (AvgIpc) is 3.87. The van der Waals surface area contributed by atoms with Gasteiger partial charge in [-0.15, -0.1) is 11.3 Å². The van der Waals surface area contributed by atoms with Crippen LogP contribution in [-0.4, -0.2) is 82.4 Å². The molecule has 2 atom stereocenters. The van der Waals surface area contributed by atoms with Crippen LogP contribution in [0.5, 0.6) is 6.01 Å². The highest BCUT2D eigenvalue weighted by atomic mass is 35.5. The molecule has 2 aromatic carbocycles. The molecule has 13 nitrogen and oxygen atoms in total. The number of urea groups is 1. The number of fused-ring (bicyclic) bond motifs is 3. The van der Waals surface area contributed by atoms with E-state index in [1.165, 1.54) is 12.1 Å². The molecular formula is C38H36ClF3N8O5S. The normalized spacial score (nSPS) is 23.2. The Balaban J connectivity index is 1.27. The summed E-state index contributed by atoms with van der Waals surface area (Å²) in [7, 11) is 0. The molecular weight excluding hydrogens is 773 g/mol. The number of rotatable bonds is 6. The van der Waals surface area contributed by atoms with Gasteiger partial charge in [0.2, 0.25) is 0 Å². The van der Waals surface area contributed by atoms with Crippen molar-refractivity contribution in [2.45, 2.75) is 69.6 Å². The van der Waals surface area contributed by atoms with Crippen LogP contribution in [0, 0.1) is 23.0 Å². The summed E-state index contributed by atoms with van der Waals surface area (Å²) in [5.74, 6) is -1.92. The number of benzene rings is 2. The van der Waals surface area contributed by atoms with Gasteiger partial charge in [-0.1, -0.05) is 17.7 Å². The molecule has 4 saturated heterocycles. The van der Waals surface area contributed by atoms with E-state index in [0.717, 1.165) is 36.8 Å². The van der Waals surface area contributed by atoms with E-state index in [4.69, 9.17) is 26.1 Å². The van der Waals surface area contributed by atoms with Crippen molar-refractivity contribution < 1.29 is 37.0 Å². The van der Waals surface area contributed by atoms with Crippen LogP contribution in [0.15, 0.2) is 30.1 Å². The fourth-order valence-corrected chi connectivity index (χ4v) is 9.75. The van der Waals surface area contributed by atoms with Crippen molar-refractivity contribution in [1.82, 2.24) is 25.5 Å². The number of carbonyl (C=O) groups excluding carboxylic acids is 3. The van der Waals surface area contributed by atoms with Crippen molar-refractivity contribution >= 4 is 72.8 Å². The SMILES string of the molecule is CC(C)(C)OC(=O)Nc1sc2c(F)ccc(-c3c(Cl)cc4c(N5CCC[C@]6(C5)NC(=O)NC6=O)nc(OCC56CCCN5C/C(=C\F)C6)nc4c3F)c2c1C#N. The Labute approximate surface area is 327 Å². The summed E-state index contributed by atoms with van der Waals surface area (Å²) in [4.78, 5) is 51.1. The third-order valence-electron chi connectivity index (χ3n) is 10.8. The third kappa shape index (κ3) is 6.42. The van der Waals surface area contributed by atoms with Gasteiger partial charge < -0.3 is 19.7 Å². The molecule has 1 spiro atoms. The number of aromatic nitrogens is 2. The molecule has 1 unspecified atom stereocenters. The topological polar surface area (TPSA) is 162 Å². The lowest BCUT2D eigenvalue weighted by Gasteiger charge is -2.39. The molecule has 0 aliphatic carbocycles. The molecule has 4 aliphatic rings. The molecule has 4 fully saturated rings. The fourth-order valence-electron chi connectivity index (χ4n) is 8.39. The highest BCUT2D eigenvalue weighted by molar-refractivity contribution is 7.23. The predicted molar refractivity (Wildman–Crippen MR) is 204 cm³/mol. The van der Waals surface area contributed by atoms with Gasteiger partial charge in [-0.2, -0.15) is 15.2 Å². The minimum atomic E-state index is -1.25. The minimum Gasteiger partial charge on any atom is -0.461 e. The first-order valence-corrected chi connectivity index (χ1v) is 19.2. The fraction of sp³-hybridized carbons (Fsp3) is 0.421. The molecule has 292 valence electrons. The van der Waals surface area contributed by atoms with Crippen LogP contribution >= 0.6 is 22.9 Å². The maximum Gasteiger partial charge on any atom is 0.412 e. The molecule has 4 aliphatic heterocycles. The molecule has 0 saturated carbocycles. The quantitative estimate of drug-likeness (QED) is 0.169. The summed E-state index contributed by atoms with van der Waals surface area (Å²) in [5.41, 5.74) is -2.42. The number of anilines is 2. The van der Waals surface area contributed by atoms with E-state index in [0.29, 0.717) is 44.3 Å². The second-order valence-corrected chi connectivity index (χ2v) is 17.0. The van der Waals surface area contributed by atoms with Gasteiger partial charge in [0.1, 0.15) is 46.0 Å². The lowest BCUT2D eigenvalue weighted by Crippen LogP contribution is -2.58. The van der Waals surface area contributed by atoms with Crippen LogP contribution in [0.3, 0.4) is 0 Å². The molecule has 0 radical (unpaired) electrons. The van der Waals surface area contributed by atoms with Crippen LogP contribution < -0.4 is 25.6 Å². The van der Waals surface area contributed by atoms with Gasteiger partial charge in [0.15, 0.2) is 5.82 Å². The zero-order valence-corrected chi connectivity index (χ0v) is 32.2. The molecule has 2 aromatic heterocycles. The van der Waals surface area contributed by atoms with E-state index < -0.39 is 46.3 Å². The van der Waals surface area contributed by atoms with Crippen LogP contribution in [-0.2, 0) is 9.53 Å². The van der Waals surface area contributed by atoms with Gasteiger partial charge in [-0.3, -0.25) is 20.3 Å². The van der Waals surface area contributed by atoms with Crippen LogP contribution in [0.2, 0.25) is 5.02 Å². The maximum atomic E-state index is 17.4. The molecule has 0 bridgehead atoms. The maximum absolute atomic E-state index is 17.4. The summed E-state index contributed by atoms with van der Waals surface area (Å²) < 4.78 is 58.1. The summed E-state index contributed by atoms with van der Waals surface area (Å²) in [6.45, 7) is 6.71. The summed E-state index contributed by atoms with van der Waals surface area (Å²) >= 11 is 7.71. The monoisotopic (exact) mass is 808 g/mol. The third-order valence-corrected chi connectivity index (χ3v) is 12.2. The summed E-state index contributed by atoms with van der Waals surface area (Å²) in [5, 5.41) is 17.9. The smallest absolute Gasteiger partial charge is 0.412 e. The number of carbonyl (C=O) groups is 3. The molecule has 18 heteroatoms. The van der Waals surface area contributed by atoms with Crippen LogP contribution in [0.25, 0.3) is 32.1 Å². The Morgan fingerprint density at radius 1 is 1.20 bits per heavy atom. The zero-order chi connectivity index (χ0) is 39.7. The highest BCUT2D eigenvalue weighted by Gasteiger charge is 2.50. The van der Waals surface area contributed by atoms with E-state index >= 15 is 8.78 Å². The van der Waals surface area contributed by atoms with Gasteiger partial charge >= 0.3 is 18.1 Å². The molecule has 4 amide bonds. The second kappa shape index (κ2) is 13.8. The summed E-state index contributed by atoms with van der Waals surface area (Å²) in [6.07, 6.45) is 2.69. The number of thiophene rings is 1. The van der Waals surface area contributed by atoms with Crippen molar-refractivity contribution in [2.75, 3.05) is 43.0 Å². The Morgan fingerprint density at radius 3 is 2.70 bits per heavy atom. The number of nitriles is 1. The molecule has 8 rings (SSSR count). The Hall–Kier alpha value is -5.18. The lowest BCUT2D eigenvalue weighted by molar-refractivity contribution is -0.124. The standard InChI is InChI=1S/C38H36ClF3N8O5S/c1-36(2,3)55-35(53)46-31-22(15-43)25-20(6-7-24(41)29(25)56-31)26-23(39)12-21-28(27(26)42)44-34(54-18-37-8-4-11-50(37)16-19(13-37)14-40)45-30(21)49-10-5-9-38(17-49)32(51)47-33(52)48-38/h6-7,12,14H,4-5,8-11,13,16-18H2,1-3H3,(H,46,53)(H2,47,48,51,52)/b19-14-/t37?,38-/m1/s1. The van der Waals surface area contributed by atoms with E-state index in [-0.39, 0.29) is 72.7 Å². The van der Waals surface area contributed by atoms with Gasteiger partial charge in [0.25, 0.3) is 5.91 Å². The number of halogens is 4. The predicted octanol–water partition coefficient (Wildman–Crippen LogP) is 7.31. The lowest BCUT2D eigenvalue weighted by atomic mass is 9.89. The van der Waals surface area contributed by atoms with Crippen molar-refractivity contribution in [3.05, 3.63) is 52.3 Å². The number of imide groups is 1. The number of hydrogen-bond acceptors (Lipinski definition) is 11. The number of nitrogens with one attached hydrogen (secondary N) is 3. The van der Waals surface area contributed by atoms with Gasteiger partial charge in [-0.25, -0.2) is 22.8 Å². The molecule has 56 heavy (non-hydrogen) atoms. The van der Waals surface area contributed by atoms with E-state index in [9.17, 15) is 24.0 Å². The Morgan fingerprint density at radius 2 is 1.98 bits per heavy atom. The second-order valence-electron chi connectivity index (χ2n) is 15.6. The molecule has 6 heterocycles.